The van der Waals surface area contributed by atoms with Crippen LogP contribution in [-0.2, 0) is 9.59 Å². The zero-order chi connectivity index (χ0) is 10.4. The molecule has 0 aromatic heterocycles. The number of carbonyl (C=O) groups is 2. The summed E-state index contributed by atoms with van der Waals surface area (Å²) in [7, 11) is 0. The lowest BCUT2D eigenvalue weighted by Crippen LogP contribution is -2.29. The van der Waals surface area contributed by atoms with Gasteiger partial charge in [-0.2, -0.15) is 0 Å². The standard InChI is InChI=1S/C8H13NO4/c1-2-3-4-5(7(10)11)6(9)8(12)13/h5,9H,2-4H2,1H3,(H,10,11)(H,12,13). The fourth-order valence-electron chi connectivity index (χ4n) is 0.949. The molecule has 0 rings (SSSR count). The van der Waals surface area contributed by atoms with Gasteiger partial charge in [-0.3, -0.25) is 10.2 Å². The summed E-state index contributed by atoms with van der Waals surface area (Å²) in [4.78, 5) is 20.9. The van der Waals surface area contributed by atoms with Crippen molar-refractivity contribution >= 4 is 17.7 Å². The monoisotopic (exact) mass is 187 g/mol. The van der Waals surface area contributed by atoms with Crippen LogP contribution in [0.4, 0.5) is 0 Å². The fourth-order valence-corrected chi connectivity index (χ4v) is 0.949. The highest BCUT2D eigenvalue weighted by Crippen LogP contribution is 2.10. The van der Waals surface area contributed by atoms with Crippen molar-refractivity contribution in [2.75, 3.05) is 0 Å². The number of unbranched alkanes of at least 4 members (excludes halogenated alkanes) is 1. The first-order valence-electron chi connectivity index (χ1n) is 4.05. The van der Waals surface area contributed by atoms with E-state index in [9.17, 15) is 9.59 Å². The van der Waals surface area contributed by atoms with Gasteiger partial charge in [-0.15, -0.1) is 0 Å². The third-order valence-corrected chi connectivity index (χ3v) is 1.72. The van der Waals surface area contributed by atoms with Crippen LogP contribution >= 0.6 is 0 Å². The van der Waals surface area contributed by atoms with E-state index < -0.39 is 23.6 Å². The van der Waals surface area contributed by atoms with Crippen LogP contribution in [0.3, 0.4) is 0 Å². The molecular formula is C8H13NO4. The number of rotatable bonds is 6. The Balaban J connectivity index is 4.33. The van der Waals surface area contributed by atoms with Gasteiger partial charge in [0.05, 0.1) is 0 Å². The third-order valence-electron chi connectivity index (χ3n) is 1.72. The molecule has 0 saturated carbocycles. The van der Waals surface area contributed by atoms with E-state index in [1.165, 1.54) is 0 Å². The lowest BCUT2D eigenvalue weighted by atomic mass is 9.97. The molecule has 0 saturated heterocycles. The first kappa shape index (κ1) is 11.6. The predicted octanol–water partition coefficient (Wildman–Crippen LogP) is 0.982. The highest BCUT2D eigenvalue weighted by atomic mass is 16.4. The summed E-state index contributed by atoms with van der Waals surface area (Å²) < 4.78 is 0. The molecule has 0 spiro atoms. The van der Waals surface area contributed by atoms with Crippen molar-refractivity contribution in [2.45, 2.75) is 26.2 Å². The number of hydrogen-bond donors (Lipinski definition) is 3. The molecule has 0 aliphatic carbocycles. The Hall–Kier alpha value is -1.39. The van der Waals surface area contributed by atoms with E-state index in [2.05, 4.69) is 0 Å². The molecule has 0 fully saturated rings. The lowest BCUT2D eigenvalue weighted by Gasteiger charge is -2.09. The maximum atomic E-state index is 10.5. The first-order chi connectivity index (χ1) is 6.00. The van der Waals surface area contributed by atoms with Gasteiger partial charge in [-0.1, -0.05) is 19.8 Å². The van der Waals surface area contributed by atoms with Crippen LogP contribution in [-0.4, -0.2) is 27.9 Å². The van der Waals surface area contributed by atoms with Crippen molar-refractivity contribution in [1.29, 1.82) is 5.41 Å². The van der Waals surface area contributed by atoms with Crippen LogP contribution in [0.25, 0.3) is 0 Å². The van der Waals surface area contributed by atoms with Crippen molar-refractivity contribution in [3.05, 3.63) is 0 Å². The van der Waals surface area contributed by atoms with Crippen LogP contribution in [0.1, 0.15) is 26.2 Å². The zero-order valence-electron chi connectivity index (χ0n) is 7.41. The average Bonchev–Trinajstić information content (AvgIpc) is 2.04. The summed E-state index contributed by atoms with van der Waals surface area (Å²) in [6, 6.07) is 0. The van der Waals surface area contributed by atoms with Gasteiger partial charge >= 0.3 is 11.9 Å². The summed E-state index contributed by atoms with van der Waals surface area (Å²) in [5, 5.41) is 24.1. The van der Waals surface area contributed by atoms with E-state index in [1.807, 2.05) is 6.92 Å². The summed E-state index contributed by atoms with van der Waals surface area (Å²) in [5.74, 6) is -3.86. The summed E-state index contributed by atoms with van der Waals surface area (Å²) >= 11 is 0. The van der Waals surface area contributed by atoms with E-state index in [4.69, 9.17) is 15.6 Å². The Morgan fingerprint density at radius 1 is 1.38 bits per heavy atom. The van der Waals surface area contributed by atoms with E-state index in [1.54, 1.807) is 0 Å². The van der Waals surface area contributed by atoms with Crippen LogP contribution in [0.15, 0.2) is 0 Å². The van der Waals surface area contributed by atoms with Crippen LogP contribution < -0.4 is 0 Å². The summed E-state index contributed by atoms with van der Waals surface area (Å²) in [6.45, 7) is 1.88. The Bertz CT molecular complexity index is 224. The van der Waals surface area contributed by atoms with Gasteiger partial charge in [0.25, 0.3) is 0 Å². The van der Waals surface area contributed by atoms with Crippen molar-refractivity contribution < 1.29 is 19.8 Å². The normalized spacial score (nSPS) is 12.1. The van der Waals surface area contributed by atoms with Crippen LogP contribution in [0, 0.1) is 11.3 Å². The molecule has 0 aliphatic heterocycles. The summed E-state index contributed by atoms with van der Waals surface area (Å²) in [5.41, 5.74) is -0.735. The van der Waals surface area contributed by atoms with Crippen molar-refractivity contribution in [3.63, 3.8) is 0 Å². The maximum Gasteiger partial charge on any atom is 0.350 e. The molecular weight excluding hydrogens is 174 g/mol. The molecule has 1 unspecified atom stereocenters. The first-order valence-corrected chi connectivity index (χ1v) is 4.05. The van der Waals surface area contributed by atoms with Gasteiger partial charge in [-0.25, -0.2) is 4.79 Å². The number of carboxylic acids is 2. The number of aliphatic carboxylic acids is 2. The van der Waals surface area contributed by atoms with Crippen molar-refractivity contribution in [1.82, 2.24) is 0 Å². The van der Waals surface area contributed by atoms with Gasteiger partial charge in [0.15, 0.2) is 0 Å². The van der Waals surface area contributed by atoms with E-state index >= 15 is 0 Å². The Morgan fingerprint density at radius 3 is 2.23 bits per heavy atom. The lowest BCUT2D eigenvalue weighted by molar-refractivity contribution is -0.141. The quantitative estimate of drug-likeness (QED) is 0.540. The second kappa shape index (κ2) is 5.29. The number of nitrogens with one attached hydrogen (secondary N) is 1. The molecule has 13 heavy (non-hydrogen) atoms. The highest BCUT2D eigenvalue weighted by Gasteiger charge is 2.26. The third kappa shape index (κ3) is 3.68. The van der Waals surface area contributed by atoms with Crippen molar-refractivity contribution in [3.8, 4) is 0 Å². The molecule has 0 amide bonds. The zero-order valence-corrected chi connectivity index (χ0v) is 7.41. The van der Waals surface area contributed by atoms with E-state index in [0.29, 0.717) is 6.42 Å². The topological polar surface area (TPSA) is 98.5 Å². The minimum absolute atomic E-state index is 0.219. The van der Waals surface area contributed by atoms with Gasteiger partial charge < -0.3 is 10.2 Å². The van der Waals surface area contributed by atoms with Gasteiger partial charge in [0.1, 0.15) is 11.6 Å². The Morgan fingerprint density at radius 2 is 1.92 bits per heavy atom. The number of carboxylic acid groups (broad SMARTS) is 2. The SMILES string of the molecule is CCCCC(C(=N)C(=O)O)C(=O)O. The second-order valence-electron chi connectivity index (χ2n) is 2.75. The molecule has 1 atom stereocenters. The Kier molecular flexibility index (Phi) is 4.72. The minimum atomic E-state index is -1.46. The molecule has 0 heterocycles. The maximum absolute atomic E-state index is 10.5. The van der Waals surface area contributed by atoms with E-state index in [-0.39, 0.29) is 6.42 Å². The molecule has 0 bridgehead atoms. The average molecular weight is 187 g/mol. The molecule has 3 N–H and O–H groups in total. The summed E-state index contributed by atoms with van der Waals surface area (Å²) in [6.07, 6.45) is 1.63. The predicted molar refractivity (Wildman–Crippen MR) is 46.0 cm³/mol. The Labute approximate surface area is 75.9 Å². The molecule has 0 aliphatic rings. The molecule has 0 aromatic rings. The van der Waals surface area contributed by atoms with Gasteiger partial charge in [0.2, 0.25) is 0 Å². The number of hydrogen-bond acceptors (Lipinski definition) is 3. The van der Waals surface area contributed by atoms with E-state index in [0.717, 1.165) is 6.42 Å². The van der Waals surface area contributed by atoms with Gasteiger partial charge in [0, 0.05) is 0 Å². The van der Waals surface area contributed by atoms with Crippen molar-refractivity contribution in [2.24, 2.45) is 5.92 Å². The fraction of sp³-hybridized carbons (Fsp3) is 0.625. The smallest absolute Gasteiger partial charge is 0.350 e. The second-order valence-corrected chi connectivity index (χ2v) is 2.75. The molecule has 5 nitrogen and oxygen atoms in total. The molecule has 5 heteroatoms. The molecule has 74 valence electrons. The van der Waals surface area contributed by atoms with Crippen LogP contribution in [0.2, 0.25) is 0 Å². The minimum Gasteiger partial charge on any atom is -0.481 e. The van der Waals surface area contributed by atoms with Crippen LogP contribution in [0.5, 0.6) is 0 Å². The largest absolute Gasteiger partial charge is 0.481 e. The molecule has 0 radical (unpaired) electrons. The van der Waals surface area contributed by atoms with Gasteiger partial charge in [-0.05, 0) is 6.42 Å². The molecule has 0 aromatic carbocycles. The highest BCUT2D eigenvalue weighted by molar-refractivity contribution is 6.38.